The third kappa shape index (κ3) is 4.96. The van der Waals surface area contributed by atoms with Gasteiger partial charge in [0.25, 0.3) is 0 Å². The molecule has 1 saturated heterocycles. The van der Waals surface area contributed by atoms with E-state index in [1.165, 1.54) is 5.56 Å². The molecule has 2 aromatic rings. The van der Waals surface area contributed by atoms with Gasteiger partial charge in [0, 0.05) is 0 Å². The van der Waals surface area contributed by atoms with E-state index in [-0.39, 0.29) is 6.61 Å². The predicted molar refractivity (Wildman–Crippen MR) is 104 cm³/mol. The van der Waals surface area contributed by atoms with E-state index in [9.17, 15) is 15.3 Å². The van der Waals surface area contributed by atoms with Crippen LogP contribution < -0.4 is 4.74 Å². The summed E-state index contributed by atoms with van der Waals surface area (Å²) in [4.78, 5) is 0. The summed E-state index contributed by atoms with van der Waals surface area (Å²) in [5.74, 6) is 1.03. The van der Waals surface area contributed by atoms with Gasteiger partial charge in [0.15, 0.2) is 0 Å². The van der Waals surface area contributed by atoms with Gasteiger partial charge >= 0.3 is 0 Å². The molecule has 1 aliphatic heterocycles. The van der Waals surface area contributed by atoms with Crippen LogP contribution in [0.5, 0.6) is 5.75 Å². The Morgan fingerprint density at radius 2 is 1.44 bits per heavy atom. The van der Waals surface area contributed by atoms with E-state index < -0.39 is 24.6 Å². The molecule has 5 nitrogen and oxygen atoms in total. The van der Waals surface area contributed by atoms with Crippen molar-refractivity contribution in [2.45, 2.75) is 44.4 Å². The quantitative estimate of drug-likeness (QED) is 0.706. The smallest absolute Gasteiger partial charge is 0.228 e. The third-order valence-corrected chi connectivity index (χ3v) is 4.66. The SMILES string of the molecule is CC(C)c1ccc(/C=C/c2ccc(O[C@H]3OC[C@H](O)[C@H](O)[C@H]3O)cc2)cc1. The van der Waals surface area contributed by atoms with Gasteiger partial charge in [-0.3, -0.25) is 0 Å². The van der Waals surface area contributed by atoms with Gasteiger partial charge in [-0.05, 0) is 34.7 Å². The van der Waals surface area contributed by atoms with E-state index in [0.29, 0.717) is 11.7 Å². The average Bonchev–Trinajstić information content (AvgIpc) is 2.68. The van der Waals surface area contributed by atoms with Gasteiger partial charge in [0.05, 0.1) is 6.61 Å². The number of ether oxygens (including phenoxy) is 2. The molecule has 1 aliphatic rings. The Morgan fingerprint density at radius 1 is 0.889 bits per heavy atom. The second-order valence-corrected chi connectivity index (χ2v) is 7.09. The topological polar surface area (TPSA) is 79.2 Å². The lowest BCUT2D eigenvalue weighted by Crippen LogP contribution is -2.54. The van der Waals surface area contributed by atoms with Gasteiger partial charge in [-0.1, -0.05) is 62.4 Å². The molecular formula is C22H26O5. The summed E-state index contributed by atoms with van der Waals surface area (Å²) in [6, 6.07) is 15.8. The molecule has 0 radical (unpaired) electrons. The molecule has 27 heavy (non-hydrogen) atoms. The number of hydrogen-bond acceptors (Lipinski definition) is 5. The highest BCUT2D eigenvalue weighted by Crippen LogP contribution is 2.22. The second-order valence-electron chi connectivity index (χ2n) is 7.09. The Kier molecular flexibility index (Phi) is 6.29. The molecule has 2 aromatic carbocycles. The maximum Gasteiger partial charge on any atom is 0.228 e. The zero-order chi connectivity index (χ0) is 19.4. The van der Waals surface area contributed by atoms with Crippen molar-refractivity contribution in [1.82, 2.24) is 0 Å². The van der Waals surface area contributed by atoms with E-state index in [2.05, 4.69) is 38.1 Å². The molecule has 5 heteroatoms. The van der Waals surface area contributed by atoms with Gasteiger partial charge in [0.2, 0.25) is 6.29 Å². The first-order valence-electron chi connectivity index (χ1n) is 9.14. The first kappa shape index (κ1) is 19.6. The van der Waals surface area contributed by atoms with E-state index in [1.54, 1.807) is 12.1 Å². The zero-order valence-corrected chi connectivity index (χ0v) is 15.5. The Morgan fingerprint density at radius 3 is 2.00 bits per heavy atom. The minimum atomic E-state index is -1.30. The van der Waals surface area contributed by atoms with Crippen LogP contribution in [0.1, 0.15) is 36.5 Å². The standard InChI is InChI=1S/C22H26O5/c1-14(2)17-9-5-15(6-10-17)3-4-16-7-11-18(12-8-16)27-22-21(25)20(24)19(23)13-26-22/h3-12,14,19-25H,13H2,1-2H3/b4-3+/t19-,20-,21+,22+/m0/s1. The maximum absolute atomic E-state index is 9.92. The molecule has 0 aliphatic carbocycles. The van der Waals surface area contributed by atoms with Crippen molar-refractivity contribution in [1.29, 1.82) is 0 Å². The highest BCUT2D eigenvalue weighted by atomic mass is 16.7. The largest absolute Gasteiger partial charge is 0.462 e. The molecule has 0 spiro atoms. The van der Waals surface area contributed by atoms with Crippen LogP contribution in [0.3, 0.4) is 0 Å². The summed E-state index contributed by atoms with van der Waals surface area (Å²) in [6.07, 6.45) is -0.646. The summed E-state index contributed by atoms with van der Waals surface area (Å²) in [6.45, 7) is 4.27. The zero-order valence-electron chi connectivity index (χ0n) is 15.5. The molecule has 144 valence electrons. The lowest BCUT2D eigenvalue weighted by atomic mass is 10.0. The van der Waals surface area contributed by atoms with Gasteiger partial charge in [-0.25, -0.2) is 0 Å². The van der Waals surface area contributed by atoms with Crippen molar-refractivity contribution >= 4 is 12.2 Å². The van der Waals surface area contributed by atoms with E-state index in [4.69, 9.17) is 9.47 Å². The van der Waals surface area contributed by atoms with Crippen molar-refractivity contribution in [2.75, 3.05) is 6.61 Å². The van der Waals surface area contributed by atoms with Gasteiger partial charge in [-0.15, -0.1) is 0 Å². The maximum atomic E-state index is 9.92. The van der Waals surface area contributed by atoms with Crippen LogP contribution in [0.2, 0.25) is 0 Å². The number of aliphatic hydroxyl groups excluding tert-OH is 3. The number of hydrogen-bond donors (Lipinski definition) is 3. The molecule has 0 unspecified atom stereocenters. The van der Waals surface area contributed by atoms with Gasteiger partial charge in [-0.2, -0.15) is 0 Å². The average molecular weight is 370 g/mol. The molecule has 0 amide bonds. The Bertz CT molecular complexity index is 751. The lowest BCUT2D eigenvalue weighted by molar-refractivity contribution is -0.242. The van der Waals surface area contributed by atoms with Crippen molar-refractivity contribution < 1.29 is 24.8 Å². The summed E-state index contributed by atoms with van der Waals surface area (Å²) in [5, 5.41) is 29.1. The number of benzene rings is 2. The Labute approximate surface area is 159 Å². The highest BCUT2D eigenvalue weighted by Gasteiger charge is 2.38. The van der Waals surface area contributed by atoms with Crippen molar-refractivity contribution in [3.63, 3.8) is 0 Å². The van der Waals surface area contributed by atoms with Crippen LogP contribution in [0, 0.1) is 0 Å². The van der Waals surface area contributed by atoms with Gasteiger partial charge in [0.1, 0.15) is 24.1 Å². The fraction of sp³-hybridized carbons (Fsp3) is 0.364. The summed E-state index contributed by atoms with van der Waals surface area (Å²) >= 11 is 0. The monoisotopic (exact) mass is 370 g/mol. The van der Waals surface area contributed by atoms with E-state index >= 15 is 0 Å². The van der Waals surface area contributed by atoms with Crippen LogP contribution in [0.4, 0.5) is 0 Å². The van der Waals surface area contributed by atoms with Crippen LogP contribution in [-0.2, 0) is 4.74 Å². The molecular weight excluding hydrogens is 344 g/mol. The molecule has 0 saturated carbocycles. The summed E-state index contributed by atoms with van der Waals surface area (Å²) in [7, 11) is 0. The van der Waals surface area contributed by atoms with E-state index in [1.807, 2.05) is 24.3 Å². The normalized spacial score (nSPS) is 25.9. The number of rotatable bonds is 5. The van der Waals surface area contributed by atoms with Crippen LogP contribution >= 0.6 is 0 Å². The second kappa shape index (κ2) is 8.67. The van der Waals surface area contributed by atoms with Crippen molar-refractivity contribution in [2.24, 2.45) is 0 Å². The fourth-order valence-corrected chi connectivity index (χ4v) is 2.86. The van der Waals surface area contributed by atoms with Crippen LogP contribution in [0.15, 0.2) is 48.5 Å². The molecule has 0 bridgehead atoms. The molecule has 3 N–H and O–H groups in total. The van der Waals surface area contributed by atoms with E-state index in [0.717, 1.165) is 11.1 Å². The number of aliphatic hydroxyl groups is 3. The molecule has 1 fully saturated rings. The predicted octanol–water partition coefficient (Wildman–Crippen LogP) is 2.80. The first-order valence-corrected chi connectivity index (χ1v) is 9.14. The minimum absolute atomic E-state index is 0.0840. The molecule has 1 heterocycles. The summed E-state index contributed by atoms with van der Waals surface area (Å²) in [5.41, 5.74) is 3.46. The lowest BCUT2D eigenvalue weighted by Gasteiger charge is -2.34. The van der Waals surface area contributed by atoms with Gasteiger partial charge < -0.3 is 24.8 Å². The third-order valence-electron chi connectivity index (χ3n) is 4.66. The van der Waals surface area contributed by atoms with Crippen molar-refractivity contribution in [3.8, 4) is 5.75 Å². The molecule has 3 rings (SSSR count). The highest BCUT2D eigenvalue weighted by molar-refractivity contribution is 5.69. The molecule has 0 aromatic heterocycles. The van der Waals surface area contributed by atoms with Crippen molar-refractivity contribution in [3.05, 3.63) is 65.2 Å². The minimum Gasteiger partial charge on any atom is -0.462 e. The fourth-order valence-electron chi connectivity index (χ4n) is 2.86. The van der Waals surface area contributed by atoms with Crippen LogP contribution in [-0.4, -0.2) is 46.5 Å². The Hall–Kier alpha value is -2.18. The first-order chi connectivity index (χ1) is 12.9. The Balaban J connectivity index is 1.60. The summed E-state index contributed by atoms with van der Waals surface area (Å²) < 4.78 is 10.8. The molecule has 4 atom stereocenters. The van der Waals surface area contributed by atoms with Crippen LogP contribution in [0.25, 0.3) is 12.2 Å².